The van der Waals surface area contributed by atoms with Crippen molar-refractivity contribution in [1.82, 2.24) is 10.2 Å². The second kappa shape index (κ2) is 7.23. The van der Waals surface area contributed by atoms with Gasteiger partial charge in [0.05, 0.1) is 4.88 Å². The van der Waals surface area contributed by atoms with Crippen molar-refractivity contribution in [3.63, 3.8) is 0 Å². The average molecular weight is 332 g/mol. The van der Waals surface area contributed by atoms with Crippen molar-refractivity contribution in [3.8, 4) is 10.4 Å². The molecule has 0 aliphatic carbocycles. The van der Waals surface area contributed by atoms with Crippen LogP contribution in [0.25, 0.3) is 10.4 Å². The number of likely N-dealkylation sites (N-methyl/N-ethyl adjacent to an activating group) is 1. The molecule has 1 unspecified atom stereocenters. The van der Waals surface area contributed by atoms with E-state index in [1.54, 1.807) is 12.1 Å². The van der Waals surface area contributed by atoms with Crippen LogP contribution in [0.3, 0.4) is 0 Å². The Hall–Kier alpha value is -1.72. The monoisotopic (exact) mass is 332 g/mol. The lowest BCUT2D eigenvalue weighted by atomic mass is 10.2. The van der Waals surface area contributed by atoms with Gasteiger partial charge in [0, 0.05) is 17.5 Å². The first-order valence-electron chi connectivity index (χ1n) is 8.05. The van der Waals surface area contributed by atoms with Crippen LogP contribution in [0.2, 0.25) is 0 Å². The quantitative estimate of drug-likeness (QED) is 0.904. The molecule has 5 heteroatoms. The molecule has 1 aliphatic rings. The number of rotatable bonds is 5. The van der Waals surface area contributed by atoms with Crippen LogP contribution in [0.15, 0.2) is 36.4 Å². The summed E-state index contributed by atoms with van der Waals surface area (Å²) in [5, 5.41) is 3.05. The smallest absolute Gasteiger partial charge is 0.261 e. The molecule has 1 fully saturated rings. The Morgan fingerprint density at radius 1 is 1.30 bits per heavy atom. The molecule has 23 heavy (non-hydrogen) atoms. The molecule has 1 aromatic heterocycles. The number of thiophene rings is 1. The Bertz CT molecular complexity index is 668. The van der Waals surface area contributed by atoms with Gasteiger partial charge in [-0.1, -0.05) is 19.1 Å². The Labute approximate surface area is 140 Å². The predicted molar refractivity (Wildman–Crippen MR) is 92.3 cm³/mol. The van der Waals surface area contributed by atoms with Gasteiger partial charge in [0.15, 0.2) is 0 Å². The minimum absolute atomic E-state index is 0.0219. The normalized spacial score (nSPS) is 18.3. The molecule has 2 aromatic rings. The van der Waals surface area contributed by atoms with Crippen molar-refractivity contribution < 1.29 is 9.18 Å². The molecule has 2 heterocycles. The van der Waals surface area contributed by atoms with Crippen LogP contribution in [-0.2, 0) is 0 Å². The lowest BCUT2D eigenvalue weighted by Gasteiger charge is -2.22. The van der Waals surface area contributed by atoms with Crippen molar-refractivity contribution >= 4 is 17.2 Å². The molecular formula is C18H21FN2OS. The lowest BCUT2D eigenvalue weighted by Crippen LogP contribution is -2.39. The SMILES string of the molecule is CCN1CCCC1CNC(=O)c1ccc(-c2ccc(F)cc2)s1. The topological polar surface area (TPSA) is 32.3 Å². The molecule has 0 spiro atoms. The maximum Gasteiger partial charge on any atom is 0.261 e. The van der Waals surface area contributed by atoms with E-state index >= 15 is 0 Å². The largest absolute Gasteiger partial charge is 0.350 e. The molecule has 1 aliphatic heterocycles. The van der Waals surface area contributed by atoms with Crippen LogP contribution in [0.4, 0.5) is 4.39 Å². The fourth-order valence-electron chi connectivity index (χ4n) is 3.07. The van der Waals surface area contributed by atoms with E-state index in [0.717, 1.165) is 30.0 Å². The second-order valence-electron chi connectivity index (χ2n) is 5.81. The van der Waals surface area contributed by atoms with Gasteiger partial charge in [0.2, 0.25) is 0 Å². The van der Waals surface area contributed by atoms with Gasteiger partial charge in [-0.15, -0.1) is 11.3 Å². The summed E-state index contributed by atoms with van der Waals surface area (Å²) < 4.78 is 13.0. The van der Waals surface area contributed by atoms with Gasteiger partial charge in [-0.25, -0.2) is 4.39 Å². The van der Waals surface area contributed by atoms with Crippen molar-refractivity contribution in [2.24, 2.45) is 0 Å². The van der Waals surface area contributed by atoms with E-state index in [0.29, 0.717) is 17.5 Å². The van der Waals surface area contributed by atoms with Gasteiger partial charge in [-0.05, 0) is 55.8 Å². The van der Waals surface area contributed by atoms with E-state index < -0.39 is 0 Å². The van der Waals surface area contributed by atoms with Gasteiger partial charge >= 0.3 is 0 Å². The lowest BCUT2D eigenvalue weighted by molar-refractivity contribution is 0.0945. The van der Waals surface area contributed by atoms with Gasteiger partial charge in [-0.3, -0.25) is 9.69 Å². The fraction of sp³-hybridized carbons (Fsp3) is 0.389. The van der Waals surface area contributed by atoms with Crippen molar-refractivity contribution in [1.29, 1.82) is 0 Å². The highest BCUT2D eigenvalue weighted by Gasteiger charge is 2.23. The van der Waals surface area contributed by atoms with Crippen molar-refractivity contribution in [2.75, 3.05) is 19.6 Å². The second-order valence-corrected chi connectivity index (χ2v) is 6.89. The first-order chi connectivity index (χ1) is 11.2. The summed E-state index contributed by atoms with van der Waals surface area (Å²) in [5.41, 5.74) is 0.934. The van der Waals surface area contributed by atoms with Crippen LogP contribution in [-0.4, -0.2) is 36.5 Å². The van der Waals surface area contributed by atoms with E-state index in [-0.39, 0.29) is 11.7 Å². The predicted octanol–water partition coefficient (Wildman–Crippen LogP) is 3.77. The highest BCUT2D eigenvalue weighted by Crippen LogP contribution is 2.28. The molecule has 1 N–H and O–H groups in total. The first-order valence-corrected chi connectivity index (χ1v) is 8.87. The van der Waals surface area contributed by atoms with Gasteiger partial charge < -0.3 is 5.32 Å². The maximum absolute atomic E-state index is 13.0. The molecule has 0 saturated carbocycles. The van der Waals surface area contributed by atoms with Gasteiger partial charge in [0.25, 0.3) is 5.91 Å². The van der Waals surface area contributed by atoms with E-state index in [1.807, 2.05) is 12.1 Å². The van der Waals surface area contributed by atoms with Crippen molar-refractivity contribution in [3.05, 3.63) is 47.1 Å². The number of benzene rings is 1. The molecule has 1 atom stereocenters. The highest BCUT2D eigenvalue weighted by molar-refractivity contribution is 7.17. The minimum Gasteiger partial charge on any atom is -0.350 e. The zero-order valence-corrected chi connectivity index (χ0v) is 14.0. The molecule has 3 rings (SSSR count). The molecular weight excluding hydrogens is 311 g/mol. The maximum atomic E-state index is 13.0. The van der Waals surface area contributed by atoms with Crippen LogP contribution in [0, 0.1) is 5.82 Å². The Kier molecular flexibility index (Phi) is 5.08. The Morgan fingerprint density at radius 3 is 2.83 bits per heavy atom. The zero-order chi connectivity index (χ0) is 16.2. The number of carbonyl (C=O) groups is 1. The van der Waals surface area contributed by atoms with Gasteiger partial charge in [0.1, 0.15) is 5.82 Å². The Balaban J connectivity index is 1.61. The summed E-state index contributed by atoms with van der Waals surface area (Å²) >= 11 is 1.44. The molecule has 122 valence electrons. The zero-order valence-electron chi connectivity index (χ0n) is 13.2. The summed E-state index contributed by atoms with van der Waals surface area (Å²) in [5.74, 6) is -0.272. The molecule has 1 amide bonds. The van der Waals surface area contributed by atoms with E-state index in [2.05, 4.69) is 17.1 Å². The third kappa shape index (κ3) is 3.79. The first kappa shape index (κ1) is 16.1. The summed E-state index contributed by atoms with van der Waals surface area (Å²) in [7, 11) is 0. The molecule has 0 radical (unpaired) electrons. The molecule has 1 saturated heterocycles. The fourth-order valence-corrected chi connectivity index (χ4v) is 4.00. The van der Waals surface area contributed by atoms with E-state index in [1.165, 1.54) is 29.9 Å². The Morgan fingerprint density at radius 2 is 2.09 bits per heavy atom. The summed E-state index contributed by atoms with van der Waals surface area (Å²) in [6.45, 7) is 5.03. The number of halogens is 1. The number of nitrogens with one attached hydrogen (secondary N) is 1. The van der Waals surface area contributed by atoms with Crippen LogP contribution >= 0.6 is 11.3 Å². The van der Waals surface area contributed by atoms with E-state index in [9.17, 15) is 9.18 Å². The van der Waals surface area contributed by atoms with Gasteiger partial charge in [-0.2, -0.15) is 0 Å². The molecule has 3 nitrogen and oxygen atoms in total. The molecule has 1 aromatic carbocycles. The third-order valence-corrected chi connectivity index (χ3v) is 5.50. The number of carbonyl (C=O) groups excluding carboxylic acids is 1. The average Bonchev–Trinajstić information content (AvgIpc) is 3.22. The summed E-state index contributed by atoms with van der Waals surface area (Å²) in [6.07, 6.45) is 2.36. The highest BCUT2D eigenvalue weighted by atomic mass is 32.1. The van der Waals surface area contributed by atoms with Crippen LogP contribution in [0.5, 0.6) is 0 Å². The number of amides is 1. The third-order valence-electron chi connectivity index (χ3n) is 4.36. The minimum atomic E-state index is -0.250. The van der Waals surface area contributed by atoms with E-state index in [4.69, 9.17) is 0 Å². The summed E-state index contributed by atoms with van der Waals surface area (Å²) in [4.78, 5) is 16.4. The number of likely N-dealkylation sites (tertiary alicyclic amines) is 1. The van der Waals surface area contributed by atoms with Crippen LogP contribution < -0.4 is 5.32 Å². The van der Waals surface area contributed by atoms with Crippen molar-refractivity contribution in [2.45, 2.75) is 25.8 Å². The van der Waals surface area contributed by atoms with Crippen LogP contribution in [0.1, 0.15) is 29.4 Å². The summed E-state index contributed by atoms with van der Waals surface area (Å²) in [6, 6.07) is 10.6. The standard InChI is InChI=1S/C18H21FN2OS/c1-2-21-11-3-4-15(21)12-20-18(22)17-10-9-16(23-17)13-5-7-14(19)8-6-13/h5-10,15H,2-4,11-12H2,1H3,(H,20,22). The molecule has 0 bridgehead atoms. The number of nitrogens with zero attached hydrogens (tertiary/aromatic N) is 1. The number of hydrogen-bond donors (Lipinski definition) is 1. The number of hydrogen-bond acceptors (Lipinski definition) is 3.